The van der Waals surface area contributed by atoms with Crippen LogP contribution in [-0.2, 0) is 6.42 Å². The van der Waals surface area contributed by atoms with Crippen LogP contribution in [0.4, 0.5) is 13.6 Å². The summed E-state index contributed by atoms with van der Waals surface area (Å²) in [6, 6.07) is 0.193. The number of likely N-dealkylation sites (tertiary alicyclic amines) is 1. The Bertz CT molecular complexity index is 464. The molecule has 2 heterocycles. The first-order valence-corrected chi connectivity index (χ1v) is 7.47. The van der Waals surface area contributed by atoms with Crippen LogP contribution in [0.5, 0.6) is 0 Å². The van der Waals surface area contributed by atoms with Gasteiger partial charge in [0.25, 0.3) is 0 Å². The van der Waals surface area contributed by atoms with E-state index in [1.165, 1.54) is 12.4 Å². The lowest BCUT2D eigenvalue weighted by atomic mass is 10.0. The Hall–Kier alpha value is -1.66. The quantitative estimate of drug-likeness (QED) is 0.909. The Morgan fingerprint density at radius 3 is 3.05 bits per heavy atom. The summed E-state index contributed by atoms with van der Waals surface area (Å²) in [5.74, 6) is 0.288. The van der Waals surface area contributed by atoms with Crippen LogP contribution in [0.15, 0.2) is 12.4 Å². The smallest absolute Gasteiger partial charge is 0.319 e. The zero-order valence-electron chi connectivity index (χ0n) is 12.3. The number of rotatable bonds is 5. The van der Waals surface area contributed by atoms with Crippen LogP contribution < -0.4 is 5.32 Å². The summed E-state index contributed by atoms with van der Waals surface area (Å²) in [6.07, 6.45) is 7.07. The molecule has 1 fully saturated rings. The molecule has 0 aromatic carbocycles. The van der Waals surface area contributed by atoms with E-state index >= 15 is 0 Å². The first kappa shape index (κ1) is 15.7. The van der Waals surface area contributed by atoms with E-state index in [4.69, 9.17) is 0 Å². The molecular weight excluding hydrogens is 278 g/mol. The second kappa shape index (κ2) is 7.38. The molecule has 2 rings (SSSR count). The number of carbonyl (C=O) groups excluding carboxylic acids is 1. The van der Waals surface area contributed by atoms with Crippen molar-refractivity contribution in [2.45, 2.75) is 51.6 Å². The molecule has 1 aliphatic rings. The average molecular weight is 300 g/mol. The molecule has 0 spiro atoms. The fraction of sp³-hybridized carbons (Fsp3) is 0.714. The van der Waals surface area contributed by atoms with Crippen molar-refractivity contribution >= 4 is 6.03 Å². The van der Waals surface area contributed by atoms with E-state index in [0.29, 0.717) is 19.0 Å². The summed E-state index contributed by atoms with van der Waals surface area (Å²) in [4.78, 5) is 17.9. The van der Waals surface area contributed by atoms with Gasteiger partial charge in [-0.3, -0.25) is 4.57 Å². The molecule has 1 aromatic heterocycles. The highest BCUT2D eigenvalue weighted by Gasteiger charge is 2.24. The summed E-state index contributed by atoms with van der Waals surface area (Å²) >= 11 is 0. The number of hydrogen-bond donors (Lipinski definition) is 1. The summed E-state index contributed by atoms with van der Waals surface area (Å²) in [6.45, 7) is 0.575. The van der Waals surface area contributed by atoms with Gasteiger partial charge in [0.05, 0.1) is 0 Å². The second-order valence-corrected chi connectivity index (χ2v) is 5.26. The summed E-state index contributed by atoms with van der Waals surface area (Å²) in [7, 11) is 0. The van der Waals surface area contributed by atoms with E-state index in [1.807, 2.05) is 4.90 Å². The van der Waals surface area contributed by atoms with E-state index < -0.39 is 6.55 Å². The Morgan fingerprint density at radius 1 is 1.52 bits per heavy atom. The van der Waals surface area contributed by atoms with Crippen molar-refractivity contribution in [1.82, 2.24) is 19.8 Å². The fourth-order valence-corrected chi connectivity index (χ4v) is 2.79. The van der Waals surface area contributed by atoms with Gasteiger partial charge in [0.15, 0.2) is 0 Å². The van der Waals surface area contributed by atoms with Crippen LogP contribution in [-0.4, -0.2) is 39.6 Å². The van der Waals surface area contributed by atoms with Gasteiger partial charge in [0.1, 0.15) is 5.82 Å². The van der Waals surface area contributed by atoms with E-state index in [-0.39, 0.29) is 11.9 Å². The zero-order chi connectivity index (χ0) is 15.2. The fourth-order valence-electron chi connectivity index (χ4n) is 2.79. The van der Waals surface area contributed by atoms with Crippen molar-refractivity contribution < 1.29 is 13.6 Å². The molecule has 0 bridgehead atoms. The molecule has 7 heteroatoms. The Labute approximate surface area is 123 Å². The number of nitrogens with zero attached hydrogens (tertiary/aromatic N) is 3. The molecule has 118 valence electrons. The third kappa shape index (κ3) is 3.92. The molecule has 1 atom stereocenters. The van der Waals surface area contributed by atoms with Crippen molar-refractivity contribution in [3.05, 3.63) is 18.2 Å². The SMILES string of the molecule is CCC1CCCCN1C(=O)NCCc1nccn1C(F)F. The van der Waals surface area contributed by atoms with E-state index in [2.05, 4.69) is 17.2 Å². The lowest BCUT2D eigenvalue weighted by Crippen LogP contribution is -2.48. The van der Waals surface area contributed by atoms with Gasteiger partial charge in [-0.1, -0.05) is 6.92 Å². The molecule has 1 aromatic rings. The highest BCUT2D eigenvalue weighted by atomic mass is 19.3. The highest BCUT2D eigenvalue weighted by Crippen LogP contribution is 2.19. The minimum atomic E-state index is -2.59. The number of piperidine rings is 1. The van der Waals surface area contributed by atoms with E-state index in [0.717, 1.165) is 36.8 Å². The third-order valence-electron chi connectivity index (χ3n) is 3.94. The molecular formula is C14H22F2N4O. The molecule has 1 saturated heterocycles. The Balaban J connectivity index is 1.82. The van der Waals surface area contributed by atoms with Gasteiger partial charge in [-0.15, -0.1) is 0 Å². The molecule has 1 aliphatic heterocycles. The number of halogens is 2. The van der Waals surface area contributed by atoms with Crippen LogP contribution in [0.1, 0.15) is 45.0 Å². The lowest BCUT2D eigenvalue weighted by molar-refractivity contribution is 0.0670. The molecule has 0 saturated carbocycles. The van der Waals surface area contributed by atoms with Gasteiger partial charge in [0, 0.05) is 37.9 Å². The number of imidazole rings is 1. The summed E-state index contributed by atoms with van der Waals surface area (Å²) in [5.41, 5.74) is 0. The van der Waals surface area contributed by atoms with Crippen molar-refractivity contribution in [1.29, 1.82) is 0 Å². The highest BCUT2D eigenvalue weighted by molar-refractivity contribution is 5.74. The zero-order valence-corrected chi connectivity index (χ0v) is 12.3. The predicted molar refractivity (Wildman–Crippen MR) is 75.2 cm³/mol. The normalized spacial score (nSPS) is 19.0. The molecule has 21 heavy (non-hydrogen) atoms. The second-order valence-electron chi connectivity index (χ2n) is 5.26. The molecule has 1 N–H and O–H groups in total. The summed E-state index contributed by atoms with van der Waals surface area (Å²) < 4.78 is 26.1. The molecule has 2 amide bonds. The van der Waals surface area contributed by atoms with Crippen LogP contribution in [0.25, 0.3) is 0 Å². The van der Waals surface area contributed by atoms with Gasteiger partial charge in [-0.2, -0.15) is 8.78 Å². The first-order valence-electron chi connectivity index (χ1n) is 7.47. The van der Waals surface area contributed by atoms with Gasteiger partial charge in [-0.05, 0) is 25.7 Å². The third-order valence-corrected chi connectivity index (χ3v) is 3.94. The maximum Gasteiger partial charge on any atom is 0.319 e. The minimum Gasteiger partial charge on any atom is -0.338 e. The van der Waals surface area contributed by atoms with E-state index in [9.17, 15) is 13.6 Å². The van der Waals surface area contributed by atoms with E-state index in [1.54, 1.807) is 0 Å². The number of alkyl halides is 2. The molecule has 0 aliphatic carbocycles. The van der Waals surface area contributed by atoms with Crippen molar-refractivity contribution in [3.8, 4) is 0 Å². The lowest BCUT2D eigenvalue weighted by Gasteiger charge is -2.35. The van der Waals surface area contributed by atoms with Crippen LogP contribution in [0.2, 0.25) is 0 Å². The van der Waals surface area contributed by atoms with Crippen LogP contribution >= 0.6 is 0 Å². The number of urea groups is 1. The topological polar surface area (TPSA) is 50.2 Å². The number of amides is 2. The number of hydrogen-bond acceptors (Lipinski definition) is 2. The van der Waals surface area contributed by atoms with Gasteiger partial charge in [-0.25, -0.2) is 9.78 Å². The van der Waals surface area contributed by atoms with Gasteiger partial charge in [0.2, 0.25) is 0 Å². The van der Waals surface area contributed by atoms with Crippen LogP contribution in [0.3, 0.4) is 0 Å². The van der Waals surface area contributed by atoms with Crippen LogP contribution in [0, 0.1) is 0 Å². The monoisotopic (exact) mass is 300 g/mol. The van der Waals surface area contributed by atoms with Crippen molar-refractivity contribution in [2.75, 3.05) is 13.1 Å². The van der Waals surface area contributed by atoms with Crippen molar-refractivity contribution in [2.24, 2.45) is 0 Å². The minimum absolute atomic E-state index is 0.100. The first-order chi connectivity index (χ1) is 10.1. The molecule has 5 nitrogen and oxygen atoms in total. The Kier molecular flexibility index (Phi) is 5.52. The average Bonchev–Trinajstić information content (AvgIpc) is 2.95. The van der Waals surface area contributed by atoms with Crippen molar-refractivity contribution in [3.63, 3.8) is 0 Å². The summed E-state index contributed by atoms with van der Waals surface area (Å²) in [5, 5.41) is 2.81. The predicted octanol–water partition coefficient (Wildman–Crippen LogP) is 2.79. The van der Waals surface area contributed by atoms with Gasteiger partial charge >= 0.3 is 12.6 Å². The molecule has 0 radical (unpaired) electrons. The number of nitrogens with one attached hydrogen (secondary N) is 1. The maximum absolute atomic E-state index is 12.7. The maximum atomic E-state index is 12.7. The Morgan fingerprint density at radius 2 is 2.33 bits per heavy atom. The number of aromatic nitrogens is 2. The number of carbonyl (C=O) groups is 1. The largest absolute Gasteiger partial charge is 0.338 e. The standard InChI is InChI=1S/C14H22F2N4O/c1-2-11-5-3-4-9-19(11)14(21)18-7-6-12-17-8-10-20(12)13(15)16/h8,10-11,13H,2-7,9H2,1H3,(H,18,21). The van der Waals surface area contributed by atoms with Gasteiger partial charge < -0.3 is 10.2 Å². The molecule has 1 unspecified atom stereocenters.